The maximum atomic E-state index is 8.88. The fraction of sp³-hybridized carbons (Fsp3) is 1.00. The lowest BCUT2D eigenvalue weighted by Crippen LogP contribution is -1.66. The van der Waals surface area contributed by atoms with Gasteiger partial charge in [0.2, 0.25) is 0 Å². The SMILES string of the molecule is CC.Cl.O=P(O)(O)O.O=P(O)(O)O. The largest absolute Gasteiger partial charge is 0.466 e. The van der Waals surface area contributed by atoms with Gasteiger partial charge in [0.1, 0.15) is 0 Å². The zero-order valence-corrected chi connectivity index (χ0v) is 9.41. The molecule has 0 spiro atoms. The van der Waals surface area contributed by atoms with Crippen LogP contribution in [-0.4, -0.2) is 29.4 Å². The van der Waals surface area contributed by atoms with E-state index in [-0.39, 0.29) is 12.4 Å². The monoisotopic (exact) mass is 262 g/mol. The summed E-state index contributed by atoms with van der Waals surface area (Å²) in [6, 6.07) is 0. The van der Waals surface area contributed by atoms with Gasteiger partial charge in [-0.05, 0) is 0 Å². The van der Waals surface area contributed by atoms with Crippen LogP contribution in [-0.2, 0) is 9.13 Å². The number of hydrogen-bond donors (Lipinski definition) is 6. The van der Waals surface area contributed by atoms with Gasteiger partial charge in [-0.25, -0.2) is 9.13 Å². The third-order valence-corrected chi connectivity index (χ3v) is 0. The number of hydrogen-bond acceptors (Lipinski definition) is 2. The highest BCUT2D eigenvalue weighted by Gasteiger charge is 2.00. The molecule has 0 heterocycles. The first kappa shape index (κ1) is 23.4. The molecule has 86 valence electrons. The zero-order valence-electron chi connectivity index (χ0n) is 6.80. The Bertz CT molecular complexity index is 132. The molecule has 0 fully saturated rings. The van der Waals surface area contributed by atoms with Crippen molar-refractivity contribution in [3.63, 3.8) is 0 Å². The molecule has 0 amide bonds. The number of halogens is 1. The molecular formula is C2H13ClO8P2. The van der Waals surface area contributed by atoms with Crippen molar-refractivity contribution >= 4 is 28.1 Å². The molecule has 11 heteroatoms. The van der Waals surface area contributed by atoms with Crippen LogP contribution >= 0.6 is 28.1 Å². The van der Waals surface area contributed by atoms with Crippen molar-refractivity contribution in [1.82, 2.24) is 0 Å². The van der Waals surface area contributed by atoms with Gasteiger partial charge < -0.3 is 29.4 Å². The lowest BCUT2D eigenvalue weighted by atomic mass is 11.0. The second-order valence-electron chi connectivity index (χ2n) is 1.03. The van der Waals surface area contributed by atoms with Gasteiger partial charge in [-0.2, -0.15) is 0 Å². The van der Waals surface area contributed by atoms with Crippen LogP contribution in [0.4, 0.5) is 0 Å². The maximum Gasteiger partial charge on any atom is 0.466 e. The van der Waals surface area contributed by atoms with Crippen molar-refractivity contribution in [2.45, 2.75) is 13.8 Å². The van der Waals surface area contributed by atoms with E-state index in [0.29, 0.717) is 0 Å². The van der Waals surface area contributed by atoms with E-state index in [1.807, 2.05) is 13.8 Å². The third kappa shape index (κ3) is 5310. The predicted molar refractivity (Wildman–Crippen MR) is 47.1 cm³/mol. The van der Waals surface area contributed by atoms with Crippen LogP contribution in [0.5, 0.6) is 0 Å². The summed E-state index contributed by atoms with van der Waals surface area (Å²) in [5.74, 6) is 0. The Morgan fingerprint density at radius 2 is 0.692 bits per heavy atom. The van der Waals surface area contributed by atoms with E-state index in [1.54, 1.807) is 0 Å². The topological polar surface area (TPSA) is 156 Å². The molecule has 0 rings (SSSR count). The van der Waals surface area contributed by atoms with Crippen LogP contribution in [0.2, 0.25) is 0 Å². The normalized spacial score (nSPS) is 9.54. The summed E-state index contributed by atoms with van der Waals surface area (Å²) in [5, 5.41) is 0. The maximum absolute atomic E-state index is 8.88. The van der Waals surface area contributed by atoms with Gasteiger partial charge in [0.15, 0.2) is 0 Å². The predicted octanol–water partition coefficient (Wildman–Crippen LogP) is -0.409. The molecule has 0 unspecified atom stereocenters. The minimum absolute atomic E-state index is 0. The van der Waals surface area contributed by atoms with E-state index >= 15 is 0 Å². The molecule has 0 aliphatic rings. The van der Waals surface area contributed by atoms with Crippen LogP contribution in [0.3, 0.4) is 0 Å². The first-order chi connectivity index (χ1) is 5.00. The van der Waals surface area contributed by atoms with E-state index < -0.39 is 15.6 Å². The summed E-state index contributed by atoms with van der Waals surface area (Å²) in [4.78, 5) is 43.1. The summed E-state index contributed by atoms with van der Waals surface area (Å²) in [5.41, 5.74) is 0. The summed E-state index contributed by atoms with van der Waals surface area (Å²) < 4.78 is 17.8. The van der Waals surface area contributed by atoms with Crippen LogP contribution in [0.1, 0.15) is 13.8 Å². The average Bonchev–Trinajstić information content (AvgIpc) is 1.59. The number of phosphoric acid groups is 2. The minimum atomic E-state index is -4.64. The molecule has 8 nitrogen and oxygen atoms in total. The van der Waals surface area contributed by atoms with Crippen molar-refractivity contribution in [2.24, 2.45) is 0 Å². The minimum Gasteiger partial charge on any atom is -0.303 e. The van der Waals surface area contributed by atoms with Gasteiger partial charge in [-0.3, -0.25) is 0 Å². The molecule has 0 saturated carbocycles. The second-order valence-corrected chi connectivity index (χ2v) is 3.08. The van der Waals surface area contributed by atoms with Gasteiger partial charge in [-0.15, -0.1) is 12.4 Å². The Hall–Kier alpha value is 0.510. The molecule has 13 heavy (non-hydrogen) atoms. The summed E-state index contributed by atoms with van der Waals surface area (Å²) >= 11 is 0. The standard InChI is InChI=1S/C2H6.ClH.2H3O4P/c1-2;;2*1-5(2,3)4/h1-2H3;1H;2*(H3,1,2,3,4). The van der Waals surface area contributed by atoms with E-state index in [1.165, 1.54) is 0 Å². The molecule has 0 saturated heterocycles. The first-order valence-corrected chi connectivity index (χ1v) is 5.70. The van der Waals surface area contributed by atoms with Gasteiger partial charge in [-0.1, -0.05) is 13.8 Å². The summed E-state index contributed by atoms with van der Waals surface area (Å²) in [6.45, 7) is 4.00. The lowest BCUT2D eigenvalue weighted by molar-refractivity contribution is 0.272. The van der Waals surface area contributed by atoms with Crippen LogP contribution in [0.15, 0.2) is 0 Å². The van der Waals surface area contributed by atoms with Crippen molar-refractivity contribution in [2.75, 3.05) is 0 Å². The molecule has 0 radical (unpaired) electrons. The molecule has 0 aliphatic heterocycles. The molecule has 6 N–H and O–H groups in total. The first-order valence-electron chi connectivity index (χ1n) is 2.57. The van der Waals surface area contributed by atoms with E-state index in [9.17, 15) is 0 Å². The van der Waals surface area contributed by atoms with Crippen LogP contribution in [0.25, 0.3) is 0 Å². The molecule has 0 bridgehead atoms. The van der Waals surface area contributed by atoms with Gasteiger partial charge in [0.05, 0.1) is 0 Å². The van der Waals surface area contributed by atoms with Crippen LogP contribution < -0.4 is 0 Å². The van der Waals surface area contributed by atoms with Crippen molar-refractivity contribution in [3.8, 4) is 0 Å². The fourth-order valence-corrected chi connectivity index (χ4v) is 0. The zero-order chi connectivity index (χ0) is 11.0. The highest BCUT2D eigenvalue weighted by molar-refractivity contribution is 7.45. The Morgan fingerprint density at radius 3 is 0.692 bits per heavy atom. The lowest BCUT2D eigenvalue weighted by Gasteiger charge is -1.82. The molecule has 0 aliphatic carbocycles. The molecule has 0 aromatic heterocycles. The van der Waals surface area contributed by atoms with E-state index in [0.717, 1.165) is 0 Å². The fourth-order valence-electron chi connectivity index (χ4n) is 0. The van der Waals surface area contributed by atoms with Crippen molar-refractivity contribution in [1.29, 1.82) is 0 Å². The Balaban J connectivity index is -0.0000000491. The van der Waals surface area contributed by atoms with Crippen molar-refractivity contribution in [3.05, 3.63) is 0 Å². The average molecular weight is 263 g/mol. The van der Waals surface area contributed by atoms with Crippen LogP contribution in [0, 0.1) is 0 Å². The summed E-state index contributed by atoms with van der Waals surface area (Å²) in [7, 11) is -9.28. The Morgan fingerprint density at radius 1 is 0.692 bits per heavy atom. The molecule has 0 aromatic carbocycles. The highest BCUT2D eigenvalue weighted by Crippen LogP contribution is 2.26. The molecule has 0 aromatic rings. The molecular weight excluding hydrogens is 249 g/mol. The summed E-state index contributed by atoms with van der Waals surface area (Å²) in [6.07, 6.45) is 0. The van der Waals surface area contributed by atoms with Gasteiger partial charge in [0, 0.05) is 0 Å². The van der Waals surface area contributed by atoms with E-state index in [2.05, 4.69) is 0 Å². The Labute approximate surface area is 81.1 Å². The van der Waals surface area contributed by atoms with Gasteiger partial charge in [0.25, 0.3) is 0 Å². The Kier molecular flexibility index (Phi) is 19.0. The quantitative estimate of drug-likeness (QED) is 0.322. The van der Waals surface area contributed by atoms with E-state index in [4.69, 9.17) is 38.5 Å². The second kappa shape index (κ2) is 10.6. The number of rotatable bonds is 0. The highest BCUT2D eigenvalue weighted by atomic mass is 35.5. The molecule has 0 atom stereocenters. The van der Waals surface area contributed by atoms with Crippen molar-refractivity contribution < 1.29 is 38.5 Å². The van der Waals surface area contributed by atoms with Gasteiger partial charge >= 0.3 is 15.6 Å². The third-order valence-electron chi connectivity index (χ3n) is 0. The smallest absolute Gasteiger partial charge is 0.303 e.